The van der Waals surface area contributed by atoms with Gasteiger partial charge in [0.2, 0.25) is 10.0 Å². The Morgan fingerprint density at radius 3 is 2.74 bits per heavy atom. The molecular formula is C18H18N2O5S2. The summed E-state index contributed by atoms with van der Waals surface area (Å²) in [6.45, 7) is 0.131. The Kier molecular flexibility index (Phi) is 6.07. The molecule has 0 bridgehead atoms. The second kappa shape index (κ2) is 8.49. The third-order valence-electron chi connectivity index (χ3n) is 3.75. The molecule has 7 nitrogen and oxygen atoms in total. The fourth-order valence-electron chi connectivity index (χ4n) is 2.34. The van der Waals surface area contributed by atoms with Crippen LogP contribution in [0, 0.1) is 0 Å². The summed E-state index contributed by atoms with van der Waals surface area (Å²) < 4.78 is 32.4. The first kappa shape index (κ1) is 19.3. The van der Waals surface area contributed by atoms with Gasteiger partial charge in [0.15, 0.2) is 0 Å². The largest absolute Gasteiger partial charge is 0.467 e. The molecule has 0 radical (unpaired) electrons. The molecule has 3 N–H and O–H groups in total. The Morgan fingerprint density at radius 1 is 1.19 bits per heavy atom. The number of sulfonamides is 1. The molecule has 0 saturated carbocycles. The molecule has 142 valence electrons. The lowest BCUT2D eigenvalue weighted by molar-refractivity contribution is 0.0901. The van der Waals surface area contributed by atoms with Gasteiger partial charge in [0.25, 0.3) is 5.91 Å². The van der Waals surface area contributed by atoms with Crippen LogP contribution in [0.5, 0.6) is 0 Å². The van der Waals surface area contributed by atoms with Gasteiger partial charge in [-0.15, -0.1) is 11.3 Å². The highest BCUT2D eigenvalue weighted by molar-refractivity contribution is 7.89. The number of furan rings is 1. The Labute approximate surface area is 160 Å². The maximum absolute atomic E-state index is 12.4. The second-order valence-corrected chi connectivity index (χ2v) is 8.47. The molecule has 1 unspecified atom stereocenters. The number of thiophene rings is 1. The molecule has 0 aliphatic carbocycles. The van der Waals surface area contributed by atoms with Crippen molar-refractivity contribution >= 4 is 27.3 Å². The van der Waals surface area contributed by atoms with Crippen molar-refractivity contribution in [3.05, 3.63) is 76.4 Å². The number of aliphatic hydroxyl groups excluding tert-OH is 1. The first-order chi connectivity index (χ1) is 13.0. The van der Waals surface area contributed by atoms with E-state index in [0.29, 0.717) is 5.76 Å². The molecule has 0 saturated heterocycles. The number of carbonyl (C=O) groups is 1. The monoisotopic (exact) mass is 406 g/mol. The predicted molar refractivity (Wildman–Crippen MR) is 101 cm³/mol. The Bertz CT molecular complexity index is 983. The minimum absolute atomic E-state index is 0.00158. The maximum atomic E-state index is 12.4. The van der Waals surface area contributed by atoms with Gasteiger partial charge >= 0.3 is 0 Å². The molecule has 3 rings (SSSR count). The normalized spacial score (nSPS) is 12.6. The van der Waals surface area contributed by atoms with Gasteiger partial charge in [-0.1, -0.05) is 12.1 Å². The van der Waals surface area contributed by atoms with E-state index in [-0.39, 0.29) is 23.5 Å². The summed E-state index contributed by atoms with van der Waals surface area (Å²) in [6, 6.07) is 12.6. The van der Waals surface area contributed by atoms with Crippen molar-refractivity contribution in [3.63, 3.8) is 0 Å². The molecule has 1 atom stereocenters. The molecule has 0 spiro atoms. The molecule has 27 heavy (non-hydrogen) atoms. The number of hydrogen-bond donors (Lipinski definition) is 3. The van der Waals surface area contributed by atoms with Crippen molar-refractivity contribution in [1.29, 1.82) is 0 Å². The number of nitrogens with one attached hydrogen (secondary N) is 2. The van der Waals surface area contributed by atoms with E-state index in [1.807, 2.05) is 17.5 Å². The summed E-state index contributed by atoms with van der Waals surface area (Å²) in [6.07, 6.45) is 0.445. The molecule has 1 aromatic carbocycles. The summed E-state index contributed by atoms with van der Waals surface area (Å²) in [5, 5.41) is 14.4. The fourth-order valence-corrected chi connectivity index (χ4v) is 4.13. The molecule has 9 heteroatoms. The molecule has 3 aromatic rings. The predicted octanol–water partition coefficient (Wildman–Crippen LogP) is 2.28. The first-order valence-corrected chi connectivity index (χ1v) is 10.4. The summed E-state index contributed by atoms with van der Waals surface area (Å²) in [7, 11) is -3.75. The van der Waals surface area contributed by atoms with Crippen molar-refractivity contribution in [2.75, 3.05) is 6.54 Å². The fraction of sp³-hybridized carbons (Fsp3) is 0.167. The first-order valence-electron chi connectivity index (χ1n) is 8.07. The lowest BCUT2D eigenvalue weighted by Gasteiger charge is -2.11. The third kappa shape index (κ3) is 5.04. The van der Waals surface area contributed by atoms with E-state index >= 15 is 0 Å². The lowest BCUT2D eigenvalue weighted by Crippen LogP contribution is -2.28. The van der Waals surface area contributed by atoms with Crippen LogP contribution < -0.4 is 10.0 Å². The number of aliphatic hydroxyl groups is 1. The SMILES string of the molecule is O=C(NCC(O)c1ccco1)c1cccc(S(=O)(=O)NCc2cccs2)c1. The third-order valence-corrected chi connectivity index (χ3v) is 6.03. The van der Waals surface area contributed by atoms with Crippen LogP contribution in [-0.4, -0.2) is 26.0 Å². The van der Waals surface area contributed by atoms with E-state index in [1.54, 1.807) is 12.1 Å². The van der Waals surface area contributed by atoms with Crippen molar-refractivity contribution in [3.8, 4) is 0 Å². The zero-order chi connectivity index (χ0) is 19.3. The maximum Gasteiger partial charge on any atom is 0.251 e. The quantitative estimate of drug-likeness (QED) is 0.532. The van der Waals surface area contributed by atoms with E-state index in [4.69, 9.17) is 4.42 Å². The Balaban J connectivity index is 1.64. The standard InChI is InChI=1S/C18H18N2O5S2/c21-16(17-7-2-8-25-17)12-19-18(22)13-4-1-6-15(10-13)27(23,24)20-11-14-5-3-9-26-14/h1-10,16,20-21H,11-12H2,(H,19,22). The molecular weight excluding hydrogens is 388 g/mol. The van der Waals surface area contributed by atoms with Gasteiger partial charge in [0.05, 0.1) is 17.7 Å². The second-order valence-electron chi connectivity index (χ2n) is 5.67. The van der Waals surface area contributed by atoms with Crippen LogP contribution in [0.4, 0.5) is 0 Å². The van der Waals surface area contributed by atoms with E-state index in [1.165, 1.54) is 41.9 Å². The average molecular weight is 406 g/mol. The van der Waals surface area contributed by atoms with Gasteiger partial charge in [-0.2, -0.15) is 0 Å². The van der Waals surface area contributed by atoms with Crippen LogP contribution in [-0.2, 0) is 16.6 Å². The summed E-state index contributed by atoms with van der Waals surface area (Å²) >= 11 is 1.45. The van der Waals surface area contributed by atoms with E-state index in [9.17, 15) is 18.3 Å². The highest BCUT2D eigenvalue weighted by Crippen LogP contribution is 2.15. The number of rotatable bonds is 8. The summed E-state index contributed by atoms with van der Waals surface area (Å²) in [5.74, 6) is -0.152. The van der Waals surface area contributed by atoms with Crippen LogP contribution in [0.15, 0.2) is 69.5 Å². The smallest absolute Gasteiger partial charge is 0.251 e. The van der Waals surface area contributed by atoms with Crippen molar-refractivity contribution in [1.82, 2.24) is 10.0 Å². The molecule has 0 fully saturated rings. The Morgan fingerprint density at radius 2 is 2.04 bits per heavy atom. The van der Waals surface area contributed by atoms with Gasteiger partial charge < -0.3 is 14.8 Å². The van der Waals surface area contributed by atoms with Gasteiger partial charge in [0.1, 0.15) is 11.9 Å². The highest BCUT2D eigenvalue weighted by atomic mass is 32.2. The van der Waals surface area contributed by atoms with E-state index in [0.717, 1.165) is 4.88 Å². The van der Waals surface area contributed by atoms with Crippen molar-refractivity contribution in [2.24, 2.45) is 0 Å². The van der Waals surface area contributed by atoms with Gasteiger partial charge in [-0.25, -0.2) is 13.1 Å². The van der Waals surface area contributed by atoms with Crippen LogP contribution in [0.25, 0.3) is 0 Å². The zero-order valence-corrected chi connectivity index (χ0v) is 15.8. The van der Waals surface area contributed by atoms with Crippen LogP contribution >= 0.6 is 11.3 Å². The van der Waals surface area contributed by atoms with Crippen molar-refractivity contribution < 1.29 is 22.7 Å². The lowest BCUT2D eigenvalue weighted by atomic mass is 10.2. The Hall–Kier alpha value is -2.46. The molecule has 0 aliphatic rings. The molecule has 2 heterocycles. The molecule has 2 aromatic heterocycles. The highest BCUT2D eigenvalue weighted by Gasteiger charge is 2.17. The number of hydrogen-bond acceptors (Lipinski definition) is 6. The minimum Gasteiger partial charge on any atom is -0.467 e. The molecule has 1 amide bonds. The minimum atomic E-state index is -3.75. The zero-order valence-electron chi connectivity index (χ0n) is 14.2. The number of carbonyl (C=O) groups excluding carboxylic acids is 1. The number of benzene rings is 1. The van der Waals surface area contributed by atoms with Crippen molar-refractivity contribution in [2.45, 2.75) is 17.5 Å². The molecule has 0 aliphatic heterocycles. The van der Waals surface area contributed by atoms with Gasteiger partial charge in [0, 0.05) is 17.0 Å². The summed E-state index contributed by atoms with van der Waals surface area (Å²) in [5.41, 5.74) is 0.181. The topological polar surface area (TPSA) is 109 Å². The van der Waals surface area contributed by atoms with Gasteiger partial charge in [-0.05, 0) is 41.8 Å². The van der Waals surface area contributed by atoms with Crippen LogP contribution in [0.3, 0.4) is 0 Å². The van der Waals surface area contributed by atoms with Gasteiger partial charge in [-0.3, -0.25) is 4.79 Å². The van der Waals surface area contributed by atoms with Crippen LogP contribution in [0.1, 0.15) is 27.1 Å². The average Bonchev–Trinajstić information content (AvgIpc) is 3.38. The van der Waals surface area contributed by atoms with Crippen LogP contribution in [0.2, 0.25) is 0 Å². The number of amides is 1. The van der Waals surface area contributed by atoms with E-state index < -0.39 is 22.0 Å². The van der Waals surface area contributed by atoms with E-state index in [2.05, 4.69) is 10.0 Å². The summed E-state index contributed by atoms with van der Waals surface area (Å²) in [4.78, 5) is 13.2.